The number of pyridine rings is 1. The van der Waals surface area contributed by atoms with Gasteiger partial charge in [0.25, 0.3) is 17.5 Å². The number of carbonyl (C=O) groups excluding carboxylic acids is 2. The van der Waals surface area contributed by atoms with E-state index in [4.69, 9.17) is 4.74 Å². The Balaban J connectivity index is 1.80. The molecule has 0 bridgehead atoms. The SMILES string of the molecule is O=C(COc1cccc([N+](=O)[O-])c1)NNC(=O)c1cccnc1. The van der Waals surface area contributed by atoms with Crippen molar-refractivity contribution in [3.63, 3.8) is 0 Å². The van der Waals surface area contributed by atoms with Gasteiger partial charge in [0.05, 0.1) is 16.6 Å². The Hall–Kier alpha value is -3.49. The largest absolute Gasteiger partial charge is 0.483 e. The van der Waals surface area contributed by atoms with E-state index in [9.17, 15) is 19.7 Å². The van der Waals surface area contributed by atoms with Gasteiger partial charge in [-0.2, -0.15) is 0 Å². The number of aromatic nitrogens is 1. The van der Waals surface area contributed by atoms with Gasteiger partial charge in [-0.05, 0) is 18.2 Å². The first-order valence-corrected chi connectivity index (χ1v) is 6.43. The molecule has 2 rings (SSSR count). The van der Waals surface area contributed by atoms with Gasteiger partial charge in [0, 0.05) is 18.5 Å². The summed E-state index contributed by atoms with van der Waals surface area (Å²) < 4.78 is 5.12. The Morgan fingerprint density at radius 3 is 2.74 bits per heavy atom. The summed E-state index contributed by atoms with van der Waals surface area (Å²) in [6.07, 6.45) is 2.86. The van der Waals surface area contributed by atoms with Crippen LogP contribution in [0.2, 0.25) is 0 Å². The first-order chi connectivity index (χ1) is 11.1. The third-order valence-corrected chi connectivity index (χ3v) is 2.64. The molecule has 0 spiro atoms. The summed E-state index contributed by atoms with van der Waals surface area (Å²) in [6, 6.07) is 8.54. The number of ether oxygens (including phenoxy) is 1. The summed E-state index contributed by atoms with van der Waals surface area (Å²) >= 11 is 0. The zero-order valence-electron chi connectivity index (χ0n) is 11.8. The zero-order valence-corrected chi connectivity index (χ0v) is 11.8. The third-order valence-electron chi connectivity index (χ3n) is 2.64. The minimum absolute atomic E-state index is 0.146. The highest BCUT2D eigenvalue weighted by Crippen LogP contribution is 2.18. The Kier molecular flexibility index (Phi) is 5.18. The van der Waals surface area contributed by atoms with Crippen LogP contribution >= 0.6 is 0 Å². The highest BCUT2D eigenvalue weighted by Gasteiger charge is 2.10. The Morgan fingerprint density at radius 1 is 1.22 bits per heavy atom. The average Bonchev–Trinajstić information content (AvgIpc) is 2.58. The van der Waals surface area contributed by atoms with Crippen LogP contribution in [0.15, 0.2) is 48.8 Å². The Labute approximate surface area is 130 Å². The molecule has 118 valence electrons. The van der Waals surface area contributed by atoms with Gasteiger partial charge >= 0.3 is 0 Å². The van der Waals surface area contributed by atoms with Crippen LogP contribution in [0.1, 0.15) is 10.4 Å². The first kappa shape index (κ1) is 15.9. The summed E-state index contributed by atoms with van der Waals surface area (Å²) in [5, 5.41) is 10.6. The second-order valence-corrected chi connectivity index (χ2v) is 4.29. The molecule has 0 aliphatic rings. The van der Waals surface area contributed by atoms with Crippen LogP contribution in [0.3, 0.4) is 0 Å². The maximum absolute atomic E-state index is 11.7. The van der Waals surface area contributed by atoms with E-state index in [1.165, 1.54) is 42.7 Å². The molecule has 2 N–H and O–H groups in total. The van der Waals surface area contributed by atoms with Crippen LogP contribution in [0.5, 0.6) is 5.75 Å². The number of nitrogens with one attached hydrogen (secondary N) is 2. The topological polar surface area (TPSA) is 123 Å². The van der Waals surface area contributed by atoms with Gasteiger partial charge in [0.15, 0.2) is 6.61 Å². The van der Waals surface area contributed by atoms with Gasteiger partial charge in [-0.1, -0.05) is 6.07 Å². The molecule has 2 aromatic rings. The molecule has 0 fully saturated rings. The molecular weight excluding hydrogens is 304 g/mol. The van der Waals surface area contributed by atoms with E-state index in [0.717, 1.165) is 0 Å². The summed E-state index contributed by atoms with van der Waals surface area (Å²) in [4.78, 5) is 37.1. The second-order valence-electron chi connectivity index (χ2n) is 4.29. The number of nitro groups is 1. The standard InChI is InChI=1S/C14H12N4O5/c19-13(16-17-14(20)10-3-2-6-15-8-10)9-23-12-5-1-4-11(7-12)18(21)22/h1-8H,9H2,(H,16,19)(H,17,20). The number of hydrazine groups is 1. The van der Waals surface area contributed by atoms with Crippen LogP contribution in [-0.4, -0.2) is 28.3 Å². The molecule has 1 heterocycles. The van der Waals surface area contributed by atoms with Crippen molar-refractivity contribution < 1.29 is 19.2 Å². The van der Waals surface area contributed by atoms with Crippen molar-refractivity contribution in [2.45, 2.75) is 0 Å². The van der Waals surface area contributed by atoms with Gasteiger partial charge in [-0.25, -0.2) is 0 Å². The van der Waals surface area contributed by atoms with E-state index in [0.29, 0.717) is 0 Å². The predicted molar refractivity (Wildman–Crippen MR) is 78.4 cm³/mol. The third kappa shape index (κ3) is 4.77. The Morgan fingerprint density at radius 2 is 2.04 bits per heavy atom. The van der Waals surface area contributed by atoms with Crippen molar-refractivity contribution in [3.8, 4) is 5.75 Å². The highest BCUT2D eigenvalue weighted by atomic mass is 16.6. The number of benzene rings is 1. The lowest BCUT2D eigenvalue weighted by Gasteiger charge is -2.08. The van der Waals surface area contributed by atoms with E-state index in [2.05, 4.69) is 15.8 Å². The van der Waals surface area contributed by atoms with Crippen molar-refractivity contribution in [2.75, 3.05) is 6.61 Å². The van der Waals surface area contributed by atoms with E-state index in [1.54, 1.807) is 6.07 Å². The molecule has 0 saturated carbocycles. The molecule has 0 radical (unpaired) electrons. The number of amides is 2. The molecule has 9 nitrogen and oxygen atoms in total. The van der Waals surface area contributed by atoms with Crippen LogP contribution in [0, 0.1) is 10.1 Å². The van der Waals surface area contributed by atoms with E-state index < -0.39 is 23.3 Å². The van der Waals surface area contributed by atoms with Crippen molar-refractivity contribution in [3.05, 3.63) is 64.5 Å². The maximum atomic E-state index is 11.7. The van der Waals surface area contributed by atoms with Crippen LogP contribution in [0.25, 0.3) is 0 Å². The lowest BCUT2D eigenvalue weighted by molar-refractivity contribution is -0.384. The van der Waals surface area contributed by atoms with Gasteiger partial charge in [-0.15, -0.1) is 0 Å². The number of nitro benzene ring substituents is 1. The van der Waals surface area contributed by atoms with Crippen molar-refractivity contribution in [1.82, 2.24) is 15.8 Å². The predicted octanol–water partition coefficient (Wildman–Crippen LogP) is 0.830. The molecule has 1 aromatic carbocycles. The minimum atomic E-state index is -0.617. The van der Waals surface area contributed by atoms with Crippen molar-refractivity contribution in [1.29, 1.82) is 0 Å². The molecule has 2 amide bonds. The fourth-order valence-electron chi connectivity index (χ4n) is 1.57. The monoisotopic (exact) mass is 316 g/mol. The summed E-state index contributed by atoms with van der Waals surface area (Å²) in [5.74, 6) is -0.969. The summed E-state index contributed by atoms with van der Waals surface area (Å²) in [7, 11) is 0. The lowest BCUT2D eigenvalue weighted by atomic mass is 10.3. The fourth-order valence-corrected chi connectivity index (χ4v) is 1.57. The van der Waals surface area contributed by atoms with Crippen LogP contribution in [0.4, 0.5) is 5.69 Å². The smallest absolute Gasteiger partial charge is 0.276 e. The second kappa shape index (κ2) is 7.50. The molecule has 9 heteroatoms. The van der Waals surface area contributed by atoms with Gasteiger partial charge in [0.2, 0.25) is 0 Å². The molecule has 0 unspecified atom stereocenters. The van der Waals surface area contributed by atoms with Crippen molar-refractivity contribution >= 4 is 17.5 Å². The van der Waals surface area contributed by atoms with Gasteiger partial charge in [-0.3, -0.25) is 35.5 Å². The summed E-state index contributed by atoms with van der Waals surface area (Å²) in [6.45, 7) is -0.408. The number of hydrogen-bond donors (Lipinski definition) is 2. The molecule has 1 aromatic heterocycles. The minimum Gasteiger partial charge on any atom is -0.483 e. The fraction of sp³-hybridized carbons (Fsp3) is 0.0714. The molecule has 0 aliphatic carbocycles. The Bertz CT molecular complexity index is 720. The maximum Gasteiger partial charge on any atom is 0.276 e. The quantitative estimate of drug-likeness (QED) is 0.622. The van der Waals surface area contributed by atoms with Gasteiger partial charge < -0.3 is 4.74 Å². The lowest BCUT2D eigenvalue weighted by Crippen LogP contribution is -2.43. The molecule has 23 heavy (non-hydrogen) atoms. The van der Waals surface area contributed by atoms with E-state index in [1.807, 2.05) is 0 Å². The number of carbonyl (C=O) groups is 2. The number of nitrogens with zero attached hydrogens (tertiary/aromatic N) is 2. The van der Waals surface area contributed by atoms with Gasteiger partial charge in [0.1, 0.15) is 5.75 Å². The number of hydrogen-bond acceptors (Lipinski definition) is 6. The molecule has 0 atom stereocenters. The molecule has 0 saturated heterocycles. The van der Waals surface area contributed by atoms with Crippen molar-refractivity contribution in [2.24, 2.45) is 0 Å². The normalized spacial score (nSPS) is 9.74. The highest BCUT2D eigenvalue weighted by molar-refractivity contribution is 5.95. The van der Waals surface area contributed by atoms with Crippen LogP contribution < -0.4 is 15.6 Å². The summed E-state index contributed by atoms with van der Waals surface area (Å²) in [5.41, 5.74) is 4.50. The number of rotatable bonds is 5. The first-order valence-electron chi connectivity index (χ1n) is 6.43. The van der Waals surface area contributed by atoms with E-state index >= 15 is 0 Å². The zero-order chi connectivity index (χ0) is 16.7. The molecule has 0 aliphatic heterocycles. The number of non-ortho nitro benzene ring substituents is 1. The van der Waals surface area contributed by atoms with Crippen LogP contribution in [-0.2, 0) is 4.79 Å². The van der Waals surface area contributed by atoms with E-state index in [-0.39, 0.29) is 17.0 Å². The molecular formula is C14H12N4O5. The average molecular weight is 316 g/mol.